The molecule has 0 saturated heterocycles. The van der Waals surface area contributed by atoms with Gasteiger partial charge in [0, 0.05) is 49.5 Å². The highest BCUT2D eigenvalue weighted by Crippen LogP contribution is 2.23. The maximum absolute atomic E-state index is 12.8. The van der Waals surface area contributed by atoms with Gasteiger partial charge in [-0.05, 0) is 5.56 Å². The lowest BCUT2D eigenvalue weighted by atomic mass is 10.2. The van der Waals surface area contributed by atoms with Crippen LogP contribution in [0.4, 0.5) is 0 Å². The maximum Gasteiger partial charge on any atom is 0.248 e. The first-order chi connectivity index (χ1) is 15.7. The number of imidazole rings is 1. The van der Waals surface area contributed by atoms with Crippen LogP contribution in [0.15, 0.2) is 72.2 Å². The number of fused-ring (bicyclic) bond motifs is 1. The first-order valence-electron chi connectivity index (χ1n) is 10.6. The van der Waals surface area contributed by atoms with E-state index in [2.05, 4.69) is 28.1 Å². The van der Waals surface area contributed by atoms with Crippen molar-refractivity contribution >= 4 is 22.2 Å². The number of hydrogen-bond acceptors (Lipinski definition) is 5. The van der Waals surface area contributed by atoms with Crippen molar-refractivity contribution in [3.63, 3.8) is 0 Å². The molecule has 0 radical (unpaired) electrons. The van der Waals surface area contributed by atoms with Gasteiger partial charge in [-0.3, -0.25) is 9.20 Å². The van der Waals surface area contributed by atoms with Gasteiger partial charge in [-0.25, -0.2) is 4.98 Å². The highest BCUT2D eigenvalue weighted by atomic mass is 32.1. The van der Waals surface area contributed by atoms with Gasteiger partial charge < -0.3 is 14.4 Å². The third kappa shape index (κ3) is 5.62. The summed E-state index contributed by atoms with van der Waals surface area (Å²) in [6.45, 7) is 2.11. The lowest BCUT2D eigenvalue weighted by Gasteiger charge is -2.22. The normalized spacial score (nSPS) is 11.2. The van der Waals surface area contributed by atoms with E-state index in [1.54, 1.807) is 18.4 Å². The Morgan fingerprint density at radius 1 is 1.06 bits per heavy atom. The van der Waals surface area contributed by atoms with Crippen molar-refractivity contribution in [1.82, 2.24) is 14.3 Å². The number of hydrogen-bond donors (Lipinski definition) is 0. The van der Waals surface area contributed by atoms with Gasteiger partial charge in [0.05, 0.1) is 18.9 Å². The van der Waals surface area contributed by atoms with Crippen LogP contribution in [0, 0.1) is 0 Å². The standard InChI is InChI=1S/C25H27N3O3S/c1-30-15-14-27(24(29)18-31-17-20-8-4-2-5-9-20)13-12-22-19-32-25-26-23(16-28(22)25)21-10-6-3-7-11-21/h2-11,16,19H,12-15,17-18H2,1H3. The molecule has 0 unspecified atom stereocenters. The van der Waals surface area contributed by atoms with Gasteiger partial charge in [0.2, 0.25) is 5.91 Å². The van der Waals surface area contributed by atoms with Gasteiger partial charge in [-0.2, -0.15) is 0 Å². The lowest BCUT2D eigenvalue weighted by molar-refractivity contribution is -0.137. The summed E-state index contributed by atoms with van der Waals surface area (Å²) in [5.41, 5.74) is 4.25. The van der Waals surface area contributed by atoms with Crippen LogP contribution in [0.2, 0.25) is 0 Å². The fraction of sp³-hybridized carbons (Fsp3) is 0.280. The van der Waals surface area contributed by atoms with E-state index in [1.165, 1.54) is 0 Å². The molecule has 0 fully saturated rings. The molecule has 2 heterocycles. The fourth-order valence-corrected chi connectivity index (χ4v) is 4.40. The van der Waals surface area contributed by atoms with Crippen LogP contribution < -0.4 is 0 Å². The Morgan fingerprint density at radius 2 is 1.81 bits per heavy atom. The fourth-order valence-electron chi connectivity index (χ4n) is 3.49. The van der Waals surface area contributed by atoms with E-state index >= 15 is 0 Å². The first kappa shape index (κ1) is 22.2. The van der Waals surface area contributed by atoms with Crippen molar-refractivity contribution in [2.75, 3.05) is 33.4 Å². The number of ether oxygens (including phenoxy) is 2. The van der Waals surface area contributed by atoms with Crippen molar-refractivity contribution in [3.05, 3.63) is 83.5 Å². The third-order valence-corrected chi connectivity index (χ3v) is 6.13. The first-order valence-corrected chi connectivity index (χ1v) is 11.5. The summed E-state index contributed by atoms with van der Waals surface area (Å²) in [6, 6.07) is 20.0. The average molecular weight is 450 g/mol. The topological polar surface area (TPSA) is 56.1 Å². The molecule has 0 aliphatic rings. The molecule has 0 aliphatic carbocycles. The molecule has 6 nitrogen and oxygen atoms in total. The molecule has 0 spiro atoms. The van der Waals surface area contributed by atoms with E-state index in [0.717, 1.165) is 33.9 Å². The van der Waals surface area contributed by atoms with Gasteiger partial charge in [-0.1, -0.05) is 60.7 Å². The van der Waals surface area contributed by atoms with Crippen molar-refractivity contribution in [2.45, 2.75) is 13.0 Å². The molecule has 166 valence electrons. The number of thiazole rings is 1. The second kappa shape index (κ2) is 11.0. The van der Waals surface area contributed by atoms with Gasteiger partial charge in [0.25, 0.3) is 0 Å². The number of carbonyl (C=O) groups is 1. The van der Waals surface area contributed by atoms with E-state index in [9.17, 15) is 4.79 Å². The Kier molecular flexibility index (Phi) is 7.66. The zero-order chi connectivity index (χ0) is 22.2. The minimum Gasteiger partial charge on any atom is -0.383 e. The molecule has 1 amide bonds. The van der Waals surface area contributed by atoms with Crippen molar-refractivity contribution < 1.29 is 14.3 Å². The Morgan fingerprint density at radius 3 is 2.56 bits per heavy atom. The van der Waals surface area contributed by atoms with Crippen LogP contribution in [0.1, 0.15) is 11.3 Å². The highest BCUT2D eigenvalue weighted by Gasteiger charge is 2.16. The third-order valence-electron chi connectivity index (χ3n) is 5.25. The van der Waals surface area contributed by atoms with E-state index in [-0.39, 0.29) is 12.5 Å². The van der Waals surface area contributed by atoms with Crippen molar-refractivity contribution in [2.24, 2.45) is 0 Å². The zero-order valence-electron chi connectivity index (χ0n) is 18.1. The molecule has 2 aromatic carbocycles. The molecule has 0 aliphatic heterocycles. The predicted molar refractivity (Wildman–Crippen MR) is 127 cm³/mol. The van der Waals surface area contributed by atoms with Crippen molar-refractivity contribution in [3.8, 4) is 11.3 Å². The number of benzene rings is 2. The molecule has 4 rings (SSSR count). The number of rotatable bonds is 11. The maximum atomic E-state index is 12.8. The molecule has 0 saturated carbocycles. The van der Waals surface area contributed by atoms with Gasteiger partial charge in [0.15, 0.2) is 4.96 Å². The van der Waals surface area contributed by atoms with Crippen LogP contribution in [-0.4, -0.2) is 53.6 Å². The van der Waals surface area contributed by atoms with E-state index in [4.69, 9.17) is 14.5 Å². The second-order valence-corrected chi connectivity index (χ2v) is 8.31. The lowest BCUT2D eigenvalue weighted by Crippen LogP contribution is -2.38. The minimum atomic E-state index is -0.0277. The van der Waals surface area contributed by atoms with Crippen LogP contribution in [0.25, 0.3) is 16.2 Å². The zero-order valence-corrected chi connectivity index (χ0v) is 19.0. The van der Waals surface area contributed by atoms with Gasteiger partial charge in [0.1, 0.15) is 6.61 Å². The number of nitrogens with zero attached hydrogens (tertiary/aromatic N) is 3. The molecule has 2 aromatic heterocycles. The molecular weight excluding hydrogens is 422 g/mol. The van der Waals surface area contributed by atoms with Gasteiger partial charge >= 0.3 is 0 Å². The number of amides is 1. The SMILES string of the molecule is COCCN(CCc1csc2nc(-c3ccccc3)cn12)C(=O)COCc1ccccc1. The molecule has 32 heavy (non-hydrogen) atoms. The molecule has 0 N–H and O–H groups in total. The highest BCUT2D eigenvalue weighted by molar-refractivity contribution is 7.15. The summed E-state index contributed by atoms with van der Waals surface area (Å²) in [4.78, 5) is 20.3. The Balaban J connectivity index is 1.37. The van der Waals surface area contributed by atoms with E-state index in [1.807, 2.05) is 53.4 Å². The summed E-state index contributed by atoms with van der Waals surface area (Å²) >= 11 is 1.62. The number of carbonyl (C=O) groups excluding carboxylic acids is 1. The molecule has 0 atom stereocenters. The molecular formula is C25H27N3O3S. The summed E-state index contributed by atoms with van der Waals surface area (Å²) in [6.07, 6.45) is 2.81. The summed E-state index contributed by atoms with van der Waals surface area (Å²) in [5, 5.41) is 2.11. The van der Waals surface area contributed by atoms with Crippen LogP contribution in [-0.2, 0) is 27.3 Å². The molecule has 0 bridgehead atoms. The van der Waals surface area contributed by atoms with E-state index in [0.29, 0.717) is 26.3 Å². The summed E-state index contributed by atoms with van der Waals surface area (Å²) < 4.78 is 13.0. The Bertz CT molecular complexity index is 1130. The van der Waals surface area contributed by atoms with Crippen LogP contribution >= 0.6 is 11.3 Å². The van der Waals surface area contributed by atoms with Gasteiger partial charge in [-0.15, -0.1) is 11.3 Å². The smallest absolute Gasteiger partial charge is 0.248 e. The Labute approximate surface area is 192 Å². The largest absolute Gasteiger partial charge is 0.383 e. The van der Waals surface area contributed by atoms with Crippen molar-refractivity contribution in [1.29, 1.82) is 0 Å². The minimum absolute atomic E-state index is 0.0277. The van der Waals surface area contributed by atoms with Crippen LogP contribution in [0.3, 0.4) is 0 Å². The second-order valence-electron chi connectivity index (χ2n) is 7.47. The summed E-state index contributed by atoms with van der Waals surface area (Å²) in [5.74, 6) is -0.0277. The molecule has 7 heteroatoms. The van der Waals surface area contributed by atoms with Crippen LogP contribution in [0.5, 0.6) is 0 Å². The summed E-state index contributed by atoms with van der Waals surface area (Å²) in [7, 11) is 1.65. The molecule has 4 aromatic rings. The number of aromatic nitrogens is 2. The number of methoxy groups -OCH3 is 1. The predicted octanol–water partition coefficient (Wildman–Crippen LogP) is 4.30. The average Bonchev–Trinajstić information content (AvgIpc) is 3.42. The quantitative estimate of drug-likeness (QED) is 0.343. The Hall–Kier alpha value is -3.00. The monoisotopic (exact) mass is 449 g/mol. The van der Waals surface area contributed by atoms with E-state index < -0.39 is 0 Å².